The Morgan fingerprint density at radius 3 is 2.83 bits per heavy atom. The van der Waals surface area contributed by atoms with Gasteiger partial charge >= 0.3 is 5.97 Å². The van der Waals surface area contributed by atoms with Gasteiger partial charge < -0.3 is 9.84 Å². The van der Waals surface area contributed by atoms with Crippen molar-refractivity contribution < 1.29 is 14.6 Å². The zero-order valence-electron chi connectivity index (χ0n) is 11.5. The van der Waals surface area contributed by atoms with Crippen LogP contribution in [0.5, 0.6) is 0 Å². The third kappa shape index (κ3) is 1.99. The molecule has 2 rings (SSSR count). The summed E-state index contributed by atoms with van der Waals surface area (Å²) < 4.78 is 5.05. The van der Waals surface area contributed by atoms with Crippen LogP contribution in [0.3, 0.4) is 0 Å². The van der Waals surface area contributed by atoms with E-state index in [1.807, 2.05) is 6.92 Å². The summed E-state index contributed by atoms with van der Waals surface area (Å²) >= 11 is 0. The molecule has 18 heavy (non-hydrogen) atoms. The van der Waals surface area contributed by atoms with Crippen LogP contribution < -0.4 is 0 Å². The molecule has 0 radical (unpaired) electrons. The average molecular weight is 252 g/mol. The van der Waals surface area contributed by atoms with Gasteiger partial charge in [0.05, 0.1) is 18.6 Å². The Morgan fingerprint density at radius 2 is 2.17 bits per heavy atom. The van der Waals surface area contributed by atoms with Crippen molar-refractivity contribution in [2.75, 3.05) is 6.61 Å². The Bertz CT molecular complexity index is 363. The lowest BCUT2D eigenvalue weighted by Gasteiger charge is -2.46. The second-order valence-electron chi connectivity index (χ2n) is 6.05. The number of aliphatic hydroxyl groups is 1. The Labute approximate surface area is 109 Å². The molecule has 0 spiro atoms. The van der Waals surface area contributed by atoms with E-state index in [-0.39, 0.29) is 17.3 Å². The highest BCUT2D eigenvalue weighted by Crippen LogP contribution is 2.60. The van der Waals surface area contributed by atoms with Gasteiger partial charge in [0, 0.05) is 5.41 Å². The van der Waals surface area contributed by atoms with Crippen molar-refractivity contribution in [3.63, 3.8) is 0 Å². The molecule has 0 aliphatic heterocycles. The Hall–Kier alpha value is -0.830. The predicted molar refractivity (Wildman–Crippen MR) is 70.0 cm³/mol. The number of hydrogen-bond donors (Lipinski definition) is 1. The minimum absolute atomic E-state index is 0.0712. The first kappa shape index (κ1) is 13.6. The molecule has 0 aromatic carbocycles. The summed E-state index contributed by atoms with van der Waals surface area (Å²) in [7, 11) is 0. The number of carbonyl (C=O) groups is 1. The molecule has 2 aliphatic carbocycles. The maximum Gasteiger partial charge on any atom is 0.306 e. The van der Waals surface area contributed by atoms with Crippen molar-refractivity contribution in [2.45, 2.75) is 58.0 Å². The van der Waals surface area contributed by atoms with E-state index < -0.39 is 5.60 Å². The van der Waals surface area contributed by atoms with Crippen LogP contribution in [0.25, 0.3) is 0 Å². The second-order valence-corrected chi connectivity index (χ2v) is 6.05. The van der Waals surface area contributed by atoms with E-state index >= 15 is 0 Å². The Kier molecular flexibility index (Phi) is 3.54. The lowest BCUT2D eigenvalue weighted by molar-refractivity contribution is -0.147. The SMILES string of the molecule is C=C1C[C@@]2(O)CCCC[C@]2(C)[C@H]1CC(=O)OCC. The van der Waals surface area contributed by atoms with Crippen LogP contribution in [-0.2, 0) is 9.53 Å². The van der Waals surface area contributed by atoms with E-state index in [9.17, 15) is 9.90 Å². The van der Waals surface area contributed by atoms with E-state index in [4.69, 9.17) is 4.74 Å². The van der Waals surface area contributed by atoms with Crippen LogP contribution in [0.15, 0.2) is 12.2 Å². The number of rotatable bonds is 3. The molecule has 0 aromatic rings. The fraction of sp³-hybridized carbons (Fsp3) is 0.800. The van der Waals surface area contributed by atoms with Gasteiger partial charge in [-0.15, -0.1) is 0 Å². The van der Waals surface area contributed by atoms with Gasteiger partial charge in [0.2, 0.25) is 0 Å². The molecule has 1 N–H and O–H groups in total. The fourth-order valence-corrected chi connectivity index (χ4v) is 3.92. The van der Waals surface area contributed by atoms with Crippen molar-refractivity contribution in [2.24, 2.45) is 11.3 Å². The highest BCUT2D eigenvalue weighted by Gasteiger charge is 2.58. The maximum atomic E-state index is 11.7. The number of fused-ring (bicyclic) bond motifs is 1. The number of hydrogen-bond acceptors (Lipinski definition) is 3. The zero-order chi connectivity index (χ0) is 13.4. The molecule has 3 nitrogen and oxygen atoms in total. The van der Waals surface area contributed by atoms with Crippen LogP contribution >= 0.6 is 0 Å². The first-order valence-corrected chi connectivity index (χ1v) is 6.98. The van der Waals surface area contributed by atoms with Crippen molar-refractivity contribution in [1.29, 1.82) is 0 Å². The van der Waals surface area contributed by atoms with Crippen LogP contribution in [0.4, 0.5) is 0 Å². The van der Waals surface area contributed by atoms with E-state index in [0.29, 0.717) is 19.4 Å². The van der Waals surface area contributed by atoms with E-state index in [1.54, 1.807) is 0 Å². The van der Waals surface area contributed by atoms with Gasteiger partial charge in [-0.2, -0.15) is 0 Å². The summed E-state index contributed by atoms with van der Waals surface area (Å²) in [5.41, 5.74) is 0.171. The van der Waals surface area contributed by atoms with Crippen LogP contribution in [0, 0.1) is 11.3 Å². The quantitative estimate of drug-likeness (QED) is 0.620. The summed E-state index contributed by atoms with van der Waals surface area (Å²) in [6.45, 7) is 8.45. The van der Waals surface area contributed by atoms with Crippen LogP contribution in [-0.4, -0.2) is 23.3 Å². The molecular weight excluding hydrogens is 228 g/mol. The first-order valence-electron chi connectivity index (χ1n) is 6.98. The molecule has 3 atom stereocenters. The largest absolute Gasteiger partial charge is 0.466 e. The summed E-state index contributed by atoms with van der Waals surface area (Å²) in [5.74, 6) is -0.0958. The predicted octanol–water partition coefficient (Wildman–Crippen LogP) is 2.83. The highest BCUT2D eigenvalue weighted by molar-refractivity contribution is 5.70. The van der Waals surface area contributed by atoms with Crippen LogP contribution in [0.1, 0.15) is 52.4 Å². The normalized spacial score (nSPS) is 39.5. The number of ether oxygens (including phenoxy) is 1. The molecule has 0 unspecified atom stereocenters. The topological polar surface area (TPSA) is 46.5 Å². The molecule has 0 aromatic heterocycles. The van der Waals surface area contributed by atoms with E-state index in [1.165, 1.54) is 0 Å². The molecule has 0 saturated heterocycles. The summed E-state index contributed by atoms with van der Waals surface area (Å²) in [6, 6.07) is 0. The second kappa shape index (κ2) is 4.69. The molecule has 0 amide bonds. The molecule has 2 fully saturated rings. The fourth-order valence-electron chi connectivity index (χ4n) is 3.92. The van der Waals surface area contributed by atoms with E-state index in [0.717, 1.165) is 31.3 Å². The van der Waals surface area contributed by atoms with Gasteiger partial charge in [-0.25, -0.2) is 0 Å². The number of carbonyl (C=O) groups excluding carboxylic acids is 1. The molecule has 0 bridgehead atoms. The van der Waals surface area contributed by atoms with Crippen molar-refractivity contribution in [1.82, 2.24) is 0 Å². The Balaban J connectivity index is 2.19. The van der Waals surface area contributed by atoms with Gasteiger partial charge in [0.15, 0.2) is 0 Å². The molecule has 2 saturated carbocycles. The van der Waals surface area contributed by atoms with Crippen molar-refractivity contribution in [3.8, 4) is 0 Å². The van der Waals surface area contributed by atoms with Crippen LogP contribution in [0.2, 0.25) is 0 Å². The third-order valence-electron chi connectivity index (χ3n) is 5.06. The minimum Gasteiger partial charge on any atom is -0.466 e. The monoisotopic (exact) mass is 252 g/mol. The Morgan fingerprint density at radius 1 is 1.50 bits per heavy atom. The maximum absolute atomic E-state index is 11.7. The zero-order valence-corrected chi connectivity index (χ0v) is 11.5. The number of esters is 1. The summed E-state index contributed by atoms with van der Waals surface area (Å²) in [4.78, 5) is 11.7. The standard InChI is InChI=1S/C15H24O3/c1-4-18-13(16)9-12-11(2)10-15(17)8-6-5-7-14(12,15)3/h12,17H,2,4-10H2,1,3H3/t12-,14+,15-/m0/s1. The van der Waals surface area contributed by atoms with Gasteiger partial charge in [-0.3, -0.25) is 4.79 Å². The summed E-state index contributed by atoms with van der Waals surface area (Å²) in [6.07, 6.45) is 5.03. The van der Waals surface area contributed by atoms with E-state index in [2.05, 4.69) is 13.5 Å². The van der Waals surface area contributed by atoms with Gasteiger partial charge in [-0.05, 0) is 32.1 Å². The highest BCUT2D eigenvalue weighted by atomic mass is 16.5. The first-order chi connectivity index (χ1) is 8.43. The van der Waals surface area contributed by atoms with Gasteiger partial charge in [-0.1, -0.05) is 31.9 Å². The third-order valence-corrected chi connectivity index (χ3v) is 5.06. The average Bonchev–Trinajstić information content (AvgIpc) is 2.49. The minimum atomic E-state index is -0.653. The molecule has 0 heterocycles. The van der Waals surface area contributed by atoms with Gasteiger partial charge in [0.1, 0.15) is 0 Å². The van der Waals surface area contributed by atoms with Gasteiger partial charge in [0.25, 0.3) is 0 Å². The molecular formula is C15H24O3. The molecule has 3 heteroatoms. The summed E-state index contributed by atoms with van der Waals surface area (Å²) in [5, 5.41) is 10.8. The van der Waals surface area contributed by atoms with Crippen molar-refractivity contribution >= 4 is 5.97 Å². The lowest BCUT2D eigenvalue weighted by Crippen LogP contribution is -2.47. The smallest absolute Gasteiger partial charge is 0.306 e. The molecule has 2 aliphatic rings. The molecule has 102 valence electrons. The lowest BCUT2D eigenvalue weighted by atomic mass is 9.62. The van der Waals surface area contributed by atoms with Crippen molar-refractivity contribution in [3.05, 3.63) is 12.2 Å².